The Bertz CT molecular complexity index is 1490. The fourth-order valence-electron chi connectivity index (χ4n) is 5.32. The summed E-state index contributed by atoms with van der Waals surface area (Å²) in [5, 5.41) is 2.96. The van der Waals surface area contributed by atoms with E-state index in [-0.39, 0.29) is 46.8 Å². The summed E-state index contributed by atoms with van der Waals surface area (Å²) in [5.74, 6) is -4.24. The van der Waals surface area contributed by atoms with E-state index >= 15 is 0 Å². The summed E-state index contributed by atoms with van der Waals surface area (Å²) in [6.45, 7) is 7.80. The summed E-state index contributed by atoms with van der Waals surface area (Å²) < 4.78 is 60.7. The molecule has 0 atom stereocenters. The molecule has 3 aromatic carbocycles. The van der Waals surface area contributed by atoms with Gasteiger partial charge in [-0.3, -0.25) is 14.5 Å². The predicted octanol–water partition coefficient (Wildman–Crippen LogP) is 8.15. The van der Waals surface area contributed by atoms with Gasteiger partial charge in [0.25, 0.3) is 5.91 Å². The standard InChI is InChI=1S/C37H40F4N2O3/c1-3-5-15-43(16-6-4-2)17-18-46-31-11-9-27(10-12-31)37(45)42-30-23-28(19-25-7-13-32(38)34(40)21-25)36(44)29(24-30)20-26-8-14-33(39)35(41)22-26/h7-14,19-22,30H,3-6,15-18,23-24H2,1-2H3,(H,42,45)/b28-19+,29-20+. The number of ether oxygens (including phenoxy) is 1. The van der Waals surface area contributed by atoms with Crippen molar-refractivity contribution in [2.45, 2.75) is 58.4 Å². The molecule has 46 heavy (non-hydrogen) atoms. The molecule has 5 nitrogen and oxygen atoms in total. The number of nitrogens with zero attached hydrogens (tertiary/aromatic N) is 1. The fourth-order valence-corrected chi connectivity index (χ4v) is 5.32. The molecule has 1 saturated carbocycles. The molecular weight excluding hydrogens is 596 g/mol. The number of ketones is 1. The topological polar surface area (TPSA) is 58.6 Å². The van der Waals surface area contributed by atoms with Crippen LogP contribution in [0, 0.1) is 23.3 Å². The van der Waals surface area contributed by atoms with Crippen LogP contribution in [0.5, 0.6) is 5.75 Å². The van der Waals surface area contributed by atoms with E-state index in [1.165, 1.54) is 24.3 Å². The summed E-state index contributed by atoms with van der Waals surface area (Å²) in [5.41, 5.74) is 1.46. The number of hydrogen-bond donors (Lipinski definition) is 1. The van der Waals surface area contributed by atoms with Crippen molar-refractivity contribution in [2.24, 2.45) is 0 Å². The van der Waals surface area contributed by atoms with Crippen LogP contribution in [0.3, 0.4) is 0 Å². The van der Waals surface area contributed by atoms with Gasteiger partial charge in [0, 0.05) is 29.3 Å². The zero-order valence-electron chi connectivity index (χ0n) is 26.3. The lowest BCUT2D eigenvalue weighted by atomic mass is 9.83. The number of benzene rings is 3. The van der Waals surface area contributed by atoms with Crippen LogP contribution in [0.4, 0.5) is 17.6 Å². The van der Waals surface area contributed by atoms with Gasteiger partial charge in [0.15, 0.2) is 29.1 Å². The van der Waals surface area contributed by atoms with Crippen molar-refractivity contribution in [3.8, 4) is 5.75 Å². The Morgan fingerprint density at radius 3 is 1.78 bits per heavy atom. The molecule has 9 heteroatoms. The normalized spacial score (nSPS) is 16.8. The third-order valence-corrected chi connectivity index (χ3v) is 7.87. The monoisotopic (exact) mass is 636 g/mol. The summed E-state index contributed by atoms with van der Waals surface area (Å²) in [6.07, 6.45) is 7.72. The first-order valence-electron chi connectivity index (χ1n) is 15.8. The molecule has 1 aliphatic carbocycles. The highest BCUT2D eigenvalue weighted by Gasteiger charge is 2.29. The van der Waals surface area contributed by atoms with Gasteiger partial charge in [0.1, 0.15) is 12.4 Å². The van der Waals surface area contributed by atoms with Gasteiger partial charge in [-0.15, -0.1) is 0 Å². The van der Waals surface area contributed by atoms with Gasteiger partial charge in [-0.1, -0.05) is 38.8 Å². The second-order valence-electron chi connectivity index (χ2n) is 11.5. The molecule has 0 heterocycles. The van der Waals surface area contributed by atoms with Gasteiger partial charge in [0.05, 0.1) is 0 Å². The van der Waals surface area contributed by atoms with Crippen LogP contribution in [0.15, 0.2) is 71.8 Å². The Morgan fingerprint density at radius 1 is 0.783 bits per heavy atom. The van der Waals surface area contributed by atoms with Crippen LogP contribution < -0.4 is 10.1 Å². The number of carbonyl (C=O) groups is 2. The van der Waals surface area contributed by atoms with Crippen molar-refractivity contribution in [3.05, 3.63) is 112 Å². The number of unbranched alkanes of at least 4 members (excludes halogenated alkanes) is 2. The predicted molar refractivity (Wildman–Crippen MR) is 172 cm³/mol. The molecule has 0 aliphatic heterocycles. The molecule has 0 unspecified atom stereocenters. The summed E-state index contributed by atoms with van der Waals surface area (Å²) >= 11 is 0. The Balaban J connectivity index is 1.46. The van der Waals surface area contributed by atoms with E-state index in [1.54, 1.807) is 24.3 Å². The lowest BCUT2D eigenvalue weighted by Crippen LogP contribution is -2.39. The largest absolute Gasteiger partial charge is 0.492 e. The molecule has 1 amide bonds. The highest BCUT2D eigenvalue weighted by Crippen LogP contribution is 2.30. The minimum absolute atomic E-state index is 0.131. The second-order valence-corrected chi connectivity index (χ2v) is 11.5. The van der Waals surface area contributed by atoms with E-state index < -0.39 is 29.3 Å². The number of amides is 1. The minimum atomic E-state index is -1.06. The van der Waals surface area contributed by atoms with E-state index in [0.29, 0.717) is 17.9 Å². The molecule has 1 aliphatic rings. The number of hydrogen-bond acceptors (Lipinski definition) is 4. The Labute approximate surface area is 268 Å². The third kappa shape index (κ3) is 9.88. The number of carbonyl (C=O) groups excluding carboxylic acids is 2. The molecule has 0 bridgehead atoms. The molecule has 4 rings (SSSR count). The summed E-state index contributed by atoms with van der Waals surface area (Å²) in [6, 6.07) is 12.9. The van der Waals surface area contributed by atoms with Gasteiger partial charge in [-0.25, -0.2) is 17.6 Å². The molecule has 0 saturated heterocycles. The first-order valence-corrected chi connectivity index (χ1v) is 15.8. The zero-order chi connectivity index (χ0) is 33.1. The SMILES string of the molecule is CCCCN(CCCC)CCOc1ccc(C(=O)NC2C/C(=C\c3ccc(F)c(F)c3)C(=O)/C(=C/c3ccc(F)c(F)c3)C2)cc1. The van der Waals surface area contributed by atoms with Gasteiger partial charge < -0.3 is 10.1 Å². The fraction of sp³-hybridized carbons (Fsp3) is 0.351. The van der Waals surface area contributed by atoms with E-state index in [9.17, 15) is 27.2 Å². The molecule has 0 aromatic heterocycles. The van der Waals surface area contributed by atoms with Crippen LogP contribution in [0.1, 0.15) is 73.9 Å². The van der Waals surface area contributed by atoms with Crippen molar-refractivity contribution in [1.82, 2.24) is 10.2 Å². The lowest BCUT2D eigenvalue weighted by Gasteiger charge is -2.27. The summed E-state index contributed by atoms with van der Waals surface area (Å²) in [7, 11) is 0. The van der Waals surface area contributed by atoms with Gasteiger partial charge in [-0.05, 0) is 111 Å². The van der Waals surface area contributed by atoms with E-state index in [4.69, 9.17) is 4.74 Å². The molecule has 244 valence electrons. The molecular formula is C37H40F4N2O3. The van der Waals surface area contributed by atoms with Gasteiger partial charge in [-0.2, -0.15) is 0 Å². The quantitative estimate of drug-likeness (QED) is 0.143. The van der Waals surface area contributed by atoms with Crippen LogP contribution in [0.25, 0.3) is 12.2 Å². The number of Topliss-reactive ketones (excluding diaryl/α,β-unsaturated/α-hetero) is 1. The lowest BCUT2D eigenvalue weighted by molar-refractivity contribution is -0.113. The average molecular weight is 637 g/mol. The van der Waals surface area contributed by atoms with Crippen molar-refractivity contribution in [2.75, 3.05) is 26.2 Å². The van der Waals surface area contributed by atoms with Crippen LogP contribution in [-0.4, -0.2) is 48.9 Å². The van der Waals surface area contributed by atoms with Crippen molar-refractivity contribution >= 4 is 23.8 Å². The smallest absolute Gasteiger partial charge is 0.251 e. The maximum absolute atomic E-state index is 13.9. The number of nitrogens with one attached hydrogen (secondary N) is 1. The maximum Gasteiger partial charge on any atom is 0.251 e. The Kier molecular flexibility index (Phi) is 12.7. The minimum Gasteiger partial charge on any atom is -0.492 e. The molecule has 1 fully saturated rings. The van der Waals surface area contributed by atoms with Crippen LogP contribution in [-0.2, 0) is 4.79 Å². The molecule has 0 radical (unpaired) electrons. The first-order chi connectivity index (χ1) is 22.2. The highest BCUT2D eigenvalue weighted by atomic mass is 19.2. The highest BCUT2D eigenvalue weighted by molar-refractivity contribution is 6.14. The molecule has 3 aromatic rings. The van der Waals surface area contributed by atoms with Crippen molar-refractivity contribution in [3.63, 3.8) is 0 Å². The number of halogens is 4. The van der Waals surface area contributed by atoms with Crippen LogP contribution >= 0.6 is 0 Å². The third-order valence-electron chi connectivity index (χ3n) is 7.87. The average Bonchev–Trinajstić information content (AvgIpc) is 3.04. The second kappa shape index (κ2) is 16.9. The van der Waals surface area contributed by atoms with Gasteiger partial charge >= 0.3 is 0 Å². The first kappa shape index (κ1) is 34.6. The van der Waals surface area contributed by atoms with E-state index in [2.05, 4.69) is 24.1 Å². The molecule has 1 N–H and O–H groups in total. The summed E-state index contributed by atoms with van der Waals surface area (Å²) in [4.78, 5) is 29.1. The number of rotatable bonds is 14. The molecule has 0 spiro atoms. The maximum atomic E-state index is 13.9. The van der Waals surface area contributed by atoms with Crippen molar-refractivity contribution < 1.29 is 31.9 Å². The Morgan fingerprint density at radius 2 is 1.30 bits per heavy atom. The Hall–Kier alpha value is -4.24. The van der Waals surface area contributed by atoms with E-state index in [1.807, 2.05) is 0 Å². The van der Waals surface area contributed by atoms with Crippen molar-refractivity contribution in [1.29, 1.82) is 0 Å². The van der Waals surface area contributed by atoms with E-state index in [0.717, 1.165) is 69.6 Å². The van der Waals surface area contributed by atoms with Crippen LogP contribution in [0.2, 0.25) is 0 Å². The zero-order valence-corrected chi connectivity index (χ0v) is 26.3. The van der Waals surface area contributed by atoms with Gasteiger partial charge in [0.2, 0.25) is 0 Å².